The molecular formula is C21H35IN6O2. The number of alkyl carbamates (subject to hydrolysis) is 1. The summed E-state index contributed by atoms with van der Waals surface area (Å²) in [6, 6.07) is 5.95. The standard InChI is InChI=1S/C21H34N6O2.HI/c1-7-22-18(24-15-21(5,6)26-19(28)29-20(2,3)4)23-12-11-16-14-27-13-9-8-10-17(27)25-16;/h8-10,13-14H,7,11-12,15H2,1-6H3,(H,26,28)(H2,22,23,24);1H. The molecule has 2 rings (SSSR count). The molecule has 0 aliphatic carbocycles. The van der Waals surface area contributed by atoms with Gasteiger partial charge in [-0.25, -0.2) is 9.78 Å². The van der Waals surface area contributed by atoms with Gasteiger partial charge in [0.25, 0.3) is 0 Å². The van der Waals surface area contributed by atoms with Crippen LogP contribution in [0.3, 0.4) is 0 Å². The molecule has 0 saturated heterocycles. The number of pyridine rings is 1. The second-order valence-electron chi connectivity index (χ2n) is 8.58. The molecule has 0 spiro atoms. The summed E-state index contributed by atoms with van der Waals surface area (Å²) in [6.07, 6.45) is 4.37. The Balaban J connectivity index is 0.00000450. The van der Waals surface area contributed by atoms with Crippen molar-refractivity contribution >= 4 is 41.7 Å². The highest BCUT2D eigenvalue weighted by Crippen LogP contribution is 2.10. The van der Waals surface area contributed by atoms with E-state index in [2.05, 4.69) is 25.9 Å². The van der Waals surface area contributed by atoms with E-state index in [1.165, 1.54) is 0 Å². The lowest BCUT2D eigenvalue weighted by Crippen LogP contribution is -2.49. The molecule has 2 aromatic rings. The number of nitrogens with one attached hydrogen (secondary N) is 3. The minimum atomic E-state index is -0.535. The first-order chi connectivity index (χ1) is 13.6. The lowest BCUT2D eigenvalue weighted by Gasteiger charge is -2.27. The summed E-state index contributed by atoms with van der Waals surface area (Å²) in [5.41, 5.74) is 0.897. The lowest BCUT2D eigenvalue weighted by atomic mass is 10.1. The van der Waals surface area contributed by atoms with E-state index in [4.69, 9.17) is 4.74 Å². The number of hydrogen-bond acceptors (Lipinski definition) is 4. The van der Waals surface area contributed by atoms with Crippen LogP contribution in [0.25, 0.3) is 5.65 Å². The van der Waals surface area contributed by atoms with Gasteiger partial charge in [-0.1, -0.05) is 6.07 Å². The summed E-state index contributed by atoms with van der Waals surface area (Å²) >= 11 is 0. The molecule has 0 atom stereocenters. The van der Waals surface area contributed by atoms with Crippen molar-refractivity contribution in [3.8, 4) is 0 Å². The Morgan fingerprint density at radius 1 is 1.20 bits per heavy atom. The molecule has 2 aromatic heterocycles. The quantitative estimate of drug-likeness (QED) is 0.290. The third kappa shape index (κ3) is 9.19. The van der Waals surface area contributed by atoms with E-state index in [-0.39, 0.29) is 24.0 Å². The van der Waals surface area contributed by atoms with Crippen LogP contribution in [-0.4, -0.2) is 52.2 Å². The van der Waals surface area contributed by atoms with Gasteiger partial charge in [-0.05, 0) is 53.7 Å². The van der Waals surface area contributed by atoms with Crippen LogP contribution in [0.15, 0.2) is 35.6 Å². The van der Waals surface area contributed by atoms with E-state index < -0.39 is 17.2 Å². The molecule has 168 valence electrons. The number of imidazole rings is 1. The SMILES string of the molecule is CCNC(=NCC(C)(C)NC(=O)OC(C)(C)C)NCCc1cn2ccccc2n1.I. The number of aromatic nitrogens is 2. The van der Waals surface area contributed by atoms with Crippen molar-refractivity contribution < 1.29 is 9.53 Å². The largest absolute Gasteiger partial charge is 0.444 e. The molecule has 30 heavy (non-hydrogen) atoms. The van der Waals surface area contributed by atoms with Gasteiger partial charge in [-0.15, -0.1) is 24.0 Å². The Bertz CT molecular complexity index is 808. The average molecular weight is 530 g/mol. The van der Waals surface area contributed by atoms with Gasteiger partial charge in [0.05, 0.1) is 17.8 Å². The predicted molar refractivity (Wildman–Crippen MR) is 132 cm³/mol. The van der Waals surface area contributed by atoms with E-state index in [0.29, 0.717) is 19.0 Å². The predicted octanol–water partition coefficient (Wildman–Crippen LogP) is 3.35. The summed E-state index contributed by atoms with van der Waals surface area (Å²) in [4.78, 5) is 21.2. The topological polar surface area (TPSA) is 92.0 Å². The van der Waals surface area contributed by atoms with Crippen LogP contribution in [0.2, 0.25) is 0 Å². The highest BCUT2D eigenvalue weighted by molar-refractivity contribution is 14.0. The van der Waals surface area contributed by atoms with Crippen molar-refractivity contribution in [1.29, 1.82) is 0 Å². The van der Waals surface area contributed by atoms with Crippen LogP contribution in [0.4, 0.5) is 4.79 Å². The van der Waals surface area contributed by atoms with Gasteiger partial charge >= 0.3 is 6.09 Å². The molecule has 2 heterocycles. The van der Waals surface area contributed by atoms with Gasteiger partial charge in [-0.3, -0.25) is 4.99 Å². The molecule has 0 aromatic carbocycles. The number of nitrogens with zero attached hydrogens (tertiary/aromatic N) is 3. The fourth-order valence-corrected chi connectivity index (χ4v) is 2.65. The Labute approximate surface area is 196 Å². The summed E-state index contributed by atoms with van der Waals surface area (Å²) in [5.74, 6) is 0.704. The number of aliphatic imine (C=N–C) groups is 1. The Morgan fingerprint density at radius 3 is 2.57 bits per heavy atom. The van der Waals surface area contributed by atoms with Crippen molar-refractivity contribution in [2.45, 2.75) is 59.1 Å². The van der Waals surface area contributed by atoms with Gasteiger partial charge in [0.15, 0.2) is 5.96 Å². The molecule has 0 unspecified atom stereocenters. The molecular weight excluding hydrogens is 495 g/mol. The Hall–Kier alpha value is -2.04. The average Bonchev–Trinajstić information content (AvgIpc) is 3.00. The summed E-state index contributed by atoms with van der Waals surface area (Å²) in [6.45, 7) is 13.2. The maximum Gasteiger partial charge on any atom is 0.408 e. The lowest BCUT2D eigenvalue weighted by molar-refractivity contribution is 0.0476. The van der Waals surface area contributed by atoms with Gasteiger partial charge in [-0.2, -0.15) is 0 Å². The van der Waals surface area contributed by atoms with Gasteiger partial charge in [0.1, 0.15) is 11.2 Å². The molecule has 0 aliphatic heterocycles. The zero-order chi connectivity index (χ0) is 21.5. The van der Waals surface area contributed by atoms with E-state index >= 15 is 0 Å². The van der Waals surface area contributed by atoms with E-state index in [1.54, 1.807) is 0 Å². The zero-order valence-corrected chi connectivity index (χ0v) is 21.1. The molecule has 8 nitrogen and oxygen atoms in total. The summed E-state index contributed by atoms with van der Waals surface area (Å²) in [7, 11) is 0. The third-order valence-electron chi connectivity index (χ3n) is 3.90. The van der Waals surface area contributed by atoms with Crippen molar-refractivity contribution in [1.82, 2.24) is 25.3 Å². The third-order valence-corrected chi connectivity index (χ3v) is 3.90. The highest BCUT2D eigenvalue weighted by Gasteiger charge is 2.24. The van der Waals surface area contributed by atoms with Crippen LogP contribution in [0.1, 0.15) is 47.2 Å². The maximum atomic E-state index is 12.0. The summed E-state index contributed by atoms with van der Waals surface area (Å²) < 4.78 is 7.34. The van der Waals surface area contributed by atoms with Crippen molar-refractivity contribution in [2.24, 2.45) is 4.99 Å². The normalized spacial score (nSPS) is 12.3. The minimum absolute atomic E-state index is 0. The second kappa shape index (κ2) is 11.4. The monoisotopic (exact) mass is 530 g/mol. The second-order valence-corrected chi connectivity index (χ2v) is 8.58. The van der Waals surface area contributed by atoms with Crippen LogP contribution in [0, 0.1) is 0 Å². The number of halogens is 1. The fraction of sp³-hybridized carbons (Fsp3) is 0.571. The molecule has 0 aliphatic rings. The van der Waals surface area contributed by atoms with Crippen LogP contribution in [0.5, 0.6) is 0 Å². The first-order valence-corrected chi connectivity index (χ1v) is 10.0. The fourth-order valence-electron chi connectivity index (χ4n) is 2.65. The molecule has 0 bridgehead atoms. The molecule has 1 amide bonds. The zero-order valence-electron chi connectivity index (χ0n) is 18.8. The molecule has 0 fully saturated rings. The smallest absolute Gasteiger partial charge is 0.408 e. The van der Waals surface area contributed by atoms with Crippen LogP contribution >= 0.6 is 24.0 Å². The molecule has 0 saturated carbocycles. The van der Waals surface area contributed by atoms with Crippen molar-refractivity contribution in [2.75, 3.05) is 19.6 Å². The number of ether oxygens (including phenoxy) is 1. The number of rotatable bonds is 7. The van der Waals surface area contributed by atoms with Gasteiger partial charge in [0, 0.05) is 31.9 Å². The number of amides is 1. The Morgan fingerprint density at radius 2 is 1.93 bits per heavy atom. The number of fused-ring (bicyclic) bond motifs is 1. The van der Waals surface area contributed by atoms with Crippen molar-refractivity contribution in [3.05, 3.63) is 36.3 Å². The van der Waals surface area contributed by atoms with Gasteiger partial charge in [0.2, 0.25) is 0 Å². The molecule has 3 N–H and O–H groups in total. The molecule has 9 heteroatoms. The van der Waals surface area contributed by atoms with Crippen LogP contribution < -0.4 is 16.0 Å². The first-order valence-electron chi connectivity index (χ1n) is 10.0. The molecule has 0 radical (unpaired) electrons. The van der Waals surface area contributed by atoms with Crippen LogP contribution in [-0.2, 0) is 11.2 Å². The summed E-state index contributed by atoms with van der Waals surface area (Å²) in [5, 5.41) is 9.42. The van der Waals surface area contributed by atoms with E-state index in [0.717, 1.165) is 24.3 Å². The Kier molecular flexibility index (Phi) is 9.86. The number of hydrogen-bond donors (Lipinski definition) is 3. The van der Waals surface area contributed by atoms with Crippen molar-refractivity contribution in [3.63, 3.8) is 0 Å². The number of carbonyl (C=O) groups excluding carboxylic acids is 1. The number of carbonyl (C=O) groups is 1. The van der Waals surface area contributed by atoms with E-state index in [1.807, 2.05) is 76.5 Å². The maximum absolute atomic E-state index is 12.0. The highest BCUT2D eigenvalue weighted by atomic mass is 127. The minimum Gasteiger partial charge on any atom is -0.444 e. The number of guanidine groups is 1. The van der Waals surface area contributed by atoms with Gasteiger partial charge < -0.3 is 25.1 Å². The van der Waals surface area contributed by atoms with E-state index in [9.17, 15) is 4.79 Å². The first kappa shape index (κ1) is 26.0.